The van der Waals surface area contributed by atoms with Gasteiger partial charge in [-0.1, -0.05) is 5.92 Å². The van der Waals surface area contributed by atoms with Gasteiger partial charge in [0.2, 0.25) is 0 Å². The van der Waals surface area contributed by atoms with Crippen LogP contribution in [0.5, 0.6) is 0 Å². The molecule has 1 aliphatic heterocycles. The summed E-state index contributed by atoms with van der Waals surface area (Å²) in [6, 6.07) is 0. The summed E-state index contributed by atoms with van der Waals surface area (Å²) in [4.78, 5) is 18.4. The van der Waals surface area contributed by atoms with Crippen LogP contribution in [0.15, 0.2) is 11.0 Å². The molecule has 1 saturated heterocycles. The minimum absolute atomic E-state index is 0.0918. The van der Waals surface area contributed by atoms with Gasteiger partial charge in [-0.25, -0.2) is 9.37 Å². The first-order chi connectivity index (χ1) is 11.2. The van der Waals surface area contributed by atoms with Crippen LogP contribution in [0.3, 0.4) is 0 Å². The molecule has 5 atom stereocenters. The van der Waals surface area contributed by atoms with Gasteiger partial charge in [-0.3, -0.25) is 9.36 Å². The van der Waals surface area contributed by atoms with Crippen molar-refractivity contribution in [3.8, 4) is 12.3 Å². The summed E-state index contributed by atoms with van der Waals surface area (Å²) >= 11 is 0. The Morgan fingerprint density at radius 1 is 1.62 bits per heavy atom. The number of aryl methyl sites for hydroxylation is 1. The van der Waals surface area contributed by atoms with Gasteiger partial charge in [-0.2, -0.15) is 0 Å². The van der Waals surface area contributed by atoms with Crippen molar-refractivity contribution < 1.29 is 24.4 Å². The average Bonchev–Trinajstić information content (AvgIpc) is 2.95. The number of aromatic nitrogens is 3. The standard InChI is InChI=1S/C15H16FN3O5/c1-4-15(23)11(21)10(6(2)20)24-14(15)19-5-8(16)9-12(19)17-7(3)18-13(9)22/h1,5-6,10-11,14,20-21,23H,2-3H3,(H,17,18,22)/t6-,10+,11-,14+,15?/m0/s1. The summed E-state index contributed by atoms with van der Waals surface area (Å²) in [5.41, 5.74) is -3.02. The number of hydrogen-bond donors (Lipinski definition) is 4. The molecule has 9 heteroatoms. The molecule has 2 aromatic rings. The molecular weight excluding hydrogens is 321 g/mol. The van der Waals surface area contributed by atoms with Crippen molar-refractivity contribution in [2.75, 3.05) is 0 Å². The van der Waals surface area contributed by atoms with Gasteiger partial charge in [0.25, 0.3) is 5.56 Å². The van der Waals surface area contributed by atoms with Gasteiger partial charge >= 0.3 is 0 Å². The molecule has 0 aliphatic carbocycles. The first kappa shape index (κ1) is 16.6. The van der Waals surface area contributed by atoms with Crippen LogP contribution in [0.1, 0.15) is 19.0 Å². The third-order valence-electron chi connectivity index (χ3n) is 4.14. The molecule has 0 amide bonds. The van der Waals surface area contributed by atoms with E-state index in [1.165, 1.54) is 13.8 Å². The Hall–Kier alpha value is -2.25. The molecule has 128 valence electrons. The Morgan fingerprint density at radius 3 is 2.88 bits per heavy atom. The minimum Gasteiger partial charge on any atom is -0.391 e. The maximum Gasteiger partial charge on any atom is 0.263 e. The Bertz CT molecular complexity index is 899. The largest absolute Gasteiger partial charge is 0.391 e. The number of hydrogen-bond acceptors (Lipinski definition) is 6. The average molecular weight is 337 g/mol. The topological polar surface area (TPSA) is 121 Å². The summed E-state index contributed by atoms with van der Waals surface area (Å²) < 4.78 is 20.7. The molecule has 24 heavy (non-hydrogen) atoms. The highest BCUT2D eigenvalue weighted by molar-refractivity contribution is 5.76. The number of ether oxygens (including phenoxy) is 1. The van der Waals surface area contributed by atoms with Crippen LogP contribution in [0.4, 0.5) is 4.39 Å². The lowest BCUT2D eigenvalue weighted by molar-refractivity contribution is -0.0846. The van der Waals surface area contributed by atoms with E-state index in [0.717, 1.165) is 10.8 Å². The number of aliphatic hydroxyl groups excluding tert-OH is 2. The van der Waals surface area contributed by atoms with Crippen LogP contribution in [-0.4, -0.2) is 53.8 Å². The van der Waals surface area contributed by atoms with Gasteiger partial charge in [-0.05, 0) is 13.8 Å². The van der Waals surface area contributed by atoms with Crippen molar-refractivity contribution in [2.24, 2.45) is 0 Å². The fraction of sp³-hybridized carbons (Fsp3) is 0.467. The second-order valence-corrected chi connectivity index (χ2v) is 5.84. The van der Waals surface area contributed by atoms with E-state index in [2.05, 4.69) is 9.97 Å². The van der Waals surface area contributed by atoms with E-state index in [1.807, 2.05) is 5.92 Å². The summed E-state index contributed by atoms with van der Waals surface area (Å²) in [5.74, 6) is 1.38. The van der Waals surface area contributed by atoms with Crippen molar-refractivity contribution in [2.45, 2.75) is 44.0 Å². The second-order valence-electron chi connectivity index (χ2n) is 5.84. The molecule has 1 aliphatic rings. The van der Waals surface area contributed by atoms with Crippen molar-refractivity contribution in [1.29, 1.82) is 0 Å². The Morgan fingerprint density at radius 2 is 2.29 bits per heavy atom. The SMILES string of the molecule is C#CC1(O)[C@@H](O)[C@@H]([C@H](C)O)O[C@H]1n1cc(F)c2c(=O)[nH]c(C)nc21. The summed E-state index contributed by atoms with van der Waals surface area (Å²) in [6.45, 7) is 2.86. The van der Waals surface area contributed by atoms with E-state index >= 15 is 0 Å². The fourth-order valence-electron chi connectivity index (χ4n) is 2.94. The third-order valence-corrected chi connectivity index (χ3v) is 4.14. The van der Waals surface area contributed by atoms with Gasteiger partial charge in [0.05, 0.1) is 6.10 Å². The summed E-state index contributed by atoms with van der Waals surface area (Å²) in [7, 11) is 0. The maximum absolute atomic E-state index is 14.2. The van der Waals surface area contributed by atoms with Crippen LogP contribution in [0.2, 0.25) is 0 Å². The second kappa shape index (κ2) is 5.39. The summed E-state index contributed by atoms with van der Waals surface area (Å²) in [5, 5.41) is 30.2. The maximum atomic E-state index is 14.2. The number of nitrogens with zero attached hydrogens (tertiary/aromatic N) is 2. The van der Waals surface area contributed by atoms with Crippen LogP contribution in [-0.2, 0) is 4.74 Å². The smallest absolute Gasteiger partial charge is 0.263 e. The first-order valence-corrected chi connectivity index (χ1v) is 7.19. The number of fused-ring (bicyclic) bond motifs is 1. The number of terminal acetylenes is 1. The predicted octanol–water partition coefficient (Wildman–Crippen LogP) is -0.824. The van der Waals surface area contributed by atoms with E-state index in [1.54, 1.807) is 0 Å². The summed E-state index contributed by atoms with van der Waals surface area (Å²) in [6.07, 6.45) is 0.869. The lowest BCUT2D eigenvalue weighted by Crippen LogP contribution is -2.47. The van der Waals surface area contributed by atoms with Gasteiger partial charge in [-0.15, -0.1) is 6.42 Å². The van der Waals surface area contributed by atoms with Crippen LogP contribution >= 0.6 is 0 Å². The molecule has 3 heterocycles. The lowest BCUT2D eigenvalue weighted by atomic mass is 9.93. The lowest BCUT2D eigenvalue weighted by Gasteiger charge is -2.26. The van der Waals surface area contributed by atoms with E-state index < -0.39 is 41.5 Å². The number of rotatable bonds is 2. The van der Waals surface area contributed by atoms with Crippen molar-refractivity contribution in [3.05, 3.63) is 28.2 Å². The number of aromatic amines is 1. The number of nitrogens with one attached hydrogen (secondary N) is 1. The van der Waals surface area contributed by atoms with E-state index in [0.29, 0.717) is 0 Å². The Labute approximate surface area is 135 Å². The molecule has 1 fully saturated rings. The molecule has 0 bridgehead atoms. The van der Waals surface area contributed by atoms with Crippen molar-refractivity contribution in [3.63, 3.8) is 0 Å². The highest BCUT2D eigenvalue weighted by Crippen LogP contribution is 2.40. The molecule has 1 unspecified atom stereocenters. The highest BCUT2D eigenvalue weighted by Gasteiger charge is 2.57. The van der Waals surface area contributed by atoms with E-state index in [4.69, 9.17) is 11.2 Å². The minimum atomic E-state index is -2.24. The quantitative estimate of drug-likeness (QED) is 0.531. The fourth-order valence-corrected chi connectivity index (χ4v) is 2.94. The van der Waals surface area contributed by atoms with Gasteiger partial charge in [0, 0.05) is 6.20 Å². The molecule has 2 aromatic heterocycles. The molecule has 0 aromatic carbocycles. The number of H-pyrrole nitrogens is 1. The molecule has 0 spiro atoms. The van der Waals surface area contributed by atoms with Crippen LogP contribution in [0, 0.1) is 25.1 Å². The first-order valence-electron chi connectivity index (χ1n) is 7.19. The van der Waals surface area contributed by atoms with Gasteiger partial charge in [0.15, 0.2) is 23.3 Å². The third kappa shape index (κ3) is 2.16. The predicted molar refractivity (Wildman–Crippen MR) is 80.4 cm³/mol. The number of halogens is 1. The van der Waals surface area contributed by atoms with Gasteiger partial charge < -0.3 is 25.0 Å². The van der Waals surface area contributed by atoms with E-state index in [-0.39, 0.29) is 16.9 Å². The molecule has 3 rings (SSSR count). The molecule has 8 nitrogen and oxygen atoms in total. The monoisotopic (exact) mass is 337 g/mol. The van der Waals surface area contributed by atoms with Crippen molar-refractivity contribution in [1.82, 2.24) is 14.5 Å². The zero-order valence-electron chi connectivity index (χ0n) is 12.9. The normalized spacial score (nSPS) is 31.3. The zero-order valence-corrected chi connectivity index (χ0v) is 12.9. The Balaban J connectivity index is 2.24. The van der Waals surface area contributed by atoms with Crippen molar-refractivity contribution >= 4 is 11.0 Å². The molecule has 0 saturated carbocycles. The van der Waals surface area contributed by atoms with Gasteiger partial charge in [0.1, 0.15) is 23.4 Å². The molecule has 0 radical (unpaired) electrons. The van der Waals surface area contributed by atoms with Crippen LogP contribution < -0.4 is 5.56 Å². The molecular formula is C15H16FN3O5. The molecule has 4 N–H and O–H groups in total. The highest BCUT2D eigenvalue weighted by atomic mass is 19.1. The van der Waals surface area contributed by atoms with E-state index in [9.17, 15) is 24.5 Å². The van der Waals surface area contributed by atoms with Crippen LogP contribution in [0.25, 0.3) is 11.0 Å². The number of aliphatic hydroxyl groups is 3. The Kier molecular flexibility index (Phi) is 3.73. The zero-order chi connectivity index (χ0) is 17.8.